The SMILES string of the molecule is O=C(c1ccc(C(F)(F)F)cc1)N1CCN(C(=O)c2ccccc2SCc2cscn2)CC1. The zero-order valence-corrected chi connectivity index (χ0v) is 19.1. The second-order valence-electron chi connectivity index (χ2n) is 7.42. The number of hydrogen-bond acceptors (Lipinski definition) is 5. The van der Waals surface area contributed by atoms with Gasteiger partial charge < -0.3 is 9.80 Å². The quantitative estimate of drug-likeness (QED) is 0.469. The topological polar surface area (TPSA) is 53.5 Å². The maximum absolute atomic E-state index is 13.1. The molecule has 172 valence electrons. The molecule has 0 spiro atoms. The van der Waals surface area contributed by atoms with Crippen molar-refractivity contribution in [2.45, 2.75) is 16.8 Å². The minimum Gasteiger partial charge on any atom is -0.335 e. The standard InChI is InChI=1S/C23H20F3N3O2S2/c24-23(25,26)17-7-5-16(6-8-17)21(30)28-9-11-29(12-10-28)22(31)19-3-1-2-4-20(19)33-14-18-13-32-15-27-18/h1-8,13,15H,9-12,14H2. The van der Waals surface area contributed by atoms with E-state index >= 15 is 0 Å². The first-order valence-electron chi connectivity index (χ1n) is 10.2. The zero-order chi connectivity index (χ0) is 23.4. The van der Waals surface area contributed by atoms with Gasteiger partial charge in [0.05, 0.1) is 22.3 Å². The first-order chi connectivity index (χ1) is 15.8. The Bertz CT molecular complexity index is 1110. The summed E-state index contributed by atoms with van der Waals surface area (Å²) in [6, 6.07) is 11.6. The number of halogens is 3. The van der Waals surface area contributed by atoms with Crippen LogP contribution in [-0.2, 0) is 11.9 Å². The molecule has 0 N–H and O–H groups in total. The molecule has 10 heteroatoms. The number of benzene rings is 2. The fourth-order valence-electron chi connectivity index (χ4n) is 3.50. The number of carbonyl (C=O) groups excluding carboxylic acids is 2. The van der Waals surface area contributed by atoms with E-state index in [9.17, 15) is 22.8 Å². The van der Waals surface area contributed by atoms with Crippen LogP contribution in [0.3, 0.4) is 0 Å². The molecule has 2 amide bonds. The summed E-state index contributed by atoms with van der Waals surface area (Å²) in [6.45, 7) is 1.35. The lowest BCUT2D eigenvalue weighted by Gasteiger charge is -2.35. The van der Waals surface area contributed by atoms with Crippen molar-refractivity contribution in [1.29, 1.82) is 0 Å². The van der Waals surface area contributed by atoms with Crippen molar-refractivity contribution >= 4 is 34.9 Å². The minimum absolute atomic E-state index is 0.0991. The van der Waals surface area contributed by atoms with Crippen LogP contribution >= 0.6 is 23.1 Å². The summed E-state index contributed by atoms with van der Waals surface area (Å²) >= 11 is 3.08. The van der Waals surface area contributed by atoms with Gasteiger partial charge in [-0.1, -0.05) is 12.1 Å². The molecule has 1 aliphatic heterocycles. The van der Waals surface area contributed by atoms with Gasteiger partial charge in [0.25, 0.3) is 11.8 Å². The van der Waals surface area contributed by atoms with E-state index in [1.54, 1.807) is 33.1 Å². The van der Waals surface area contributed by atoms with Crippen LogP contribution in [0.25, 0.3) is 0 Å². The van der Waals surface area contributed by atoms with Gasteiger partial charge in [0.15, 0.2) is 0 Å². The van der Waals surface area contributed by atoms with Crippen LogP contribution in [-0.4, -0.2) is 52.8 Å². The lowest BCUT2D eigenvalue weighted by Crippen LogP contribution is -2.50. The van der Waals surface area contributed by atoms with Gasteiger partial charge in [-0.3, -0.25) is 9.59 Å². The zero-order valence-electron chi connectivity index (χ0n) is 17.4. The molecule has 1 fully saturated rings. The molecule has 0 radical (unpaired) electrons. The van der Waals surface area contributed by atoms with E-state index in [2.05, 4.69) is 4.98 Å². The van der Waals surface area contributed by atoms with Crippen molar-refractivity contribution in [3.05, 3.63) is 81.8 Å². The fourth-order valence-corrected chi connectivity index (χ4v) is 5.11. The Morgan fingerprint density at radius 2 is 1.58 bits per heavy atom. The molecular weight excluding hydrogens is 471 g/mol. The number of rotatable bonds is 5. The Balaban J connectivity index is 1.37. The van der Waals surface area contributed by atoms with Crippen molar-refractivity contribution in [1.82, 2.24) is 14.8 Å². The molecule has 2 aromatic carbocycles. The van der Waals surface area contributed by atoms with Crippen LogP contribution in [0.15, 0.2) is 64.3 Å². The maximum atomic E-state index is 13.1. The predicted octanol–water partition coefficient (Wildman–Crippen LogP) is 5.05. The number of nitrogens with zero attached hydrogens (tertiary/aromatic N) is 3. The normalized spacial score (nSPS) is 14.4. The highest BCUT2D eigenvalue weighted by Crippen LogP contribution is 2.30. The summed E-state index contributed by atoms with van der Waals surface area (Å²) in [6.07, 6.45) is -4.44. The smallest absolute Gasteiger partial charge is 0.335 e. The molecule has 0 unspecified atom stereocenters. The summed E-state index contributed by atoms with van der Waals surface area (Å²) in [7, 11) is 0. The minimum atomic E-state index is -4.44. The molecule has 0 aliphatic carbocycles. The number of thioether (sulfide) groups is 1. The average Bonchev–Trinajstić information content (AvgIpc) is 3.35. The molecule has 0 saturated carbocycles. The van der Waals surface area contributed by atoms with Crippen molar-refractivity contribution in [3.8, 4) is 0 Å². The molecule has 5 nitrogen and oxygen atoms in total. The summed E-state index contributed by atoms with van der Waals surface area (Å²) in [5, 5.41) is 1.98. The largest absolute Gasteiger partial charge is 0.416 e. The first kappa shape index (κ1) is 23.3. The Kier molecular flexibility index (Phi) is 7.04. The molecule has 0 atom stereocenters. The molecule has 1 saturated heterocycles. The van der Waals surface area contributed by atoms with Crippen molar-refractivity contribution in [3.63, 3.8) is 0 Å². The van der Waals surface area contributed by atoms with Crippen LogP contribution < -0.4 is 0 Å². The summed E-state index contributed by atoms with van der Waals surface area (Å²) in [5.74, 6) is 0.233. The fraction of sp³-hybridized carbons (Fsp3) is 0.261. The summed E-state index contributed by atoms with van der Waals surface area (Å²) < 4.78 is 38.2. The van der Waals surface area contributed by atoms with Crippen molar-refractivity contribution in [2.24, 2.45) is 0 Å². The Morgan fingerprint density at radius 3 is 2.18 bits per heavy atom. The predicted molar refractivity (Wildman–Crippen MR) is 121 cm³/mol. The number of carbonyl (C=O) groups is 2. The number of amides is 2. The van der Waals surface area contributed by atoms with E-state index in [0.29, 0.717) is 37.5 Å². The molecule has 4 rings (SSSR count). The van der Waals surface area contributed by atoms with Crippen LogP contribution in [0, 0.1) is 0 Å². The number of thiazole rings is 1. The van der Waals surface area contributed by atoms with Gasteiger partial charge in [-0.25, -0.2) is 4.98 Å². The van der Waals surface area contributed by atoms with E-state index in [1.165, 1.54) is 23.5 Å². The van der Waals surface area contributed by atoms with Crippen molar-refractivity contribution < 1.29 is 22.8 Å². The van der Waals surface area contributed by atoms with Gasteiger partial charge in [-0.2, -0.15) is 13.2 Å². The second-order valence-corrected chi connectivity index (χ2v) is 9.16. The van der Waals surface area contributed by atoms with Crippen LogP contribution in [0.5, 0.6) is 0 Å². The van der Waals surface area contributed by atoms with Crippen LogP contribution in [0.1, 0.15) is 32.0 Å². The third kappa shape index (κ3) is 5.56. The Hall–Kier alpha value is -2.85. The Labute approximate surface area is 197 Å². The number of aromatic nitrogens is 1. The molecule has 1 aliphatic rings. The summed E-state index contributed by atoms with van der Waals surface area (Å²) in [5.41, 5.74) is 2.76. The number of alkyl halides is 3. The van der Waals surface area contributed by atoms with Crippen LogP contribution in [0.2, 0.25) is 0 Å². The lowest BCUT2D eigenvalue weighted by molar-refractivity contribution is -0.137. The number of piperazine rings is 1. The highest BCUT2D eigenvalue weighted by molar-refractivity contribution is 7.98. The van der Waals surface area contributed by atoms with Crippen LogP contribution in [0.4, 0.5) is 13.2 Å². The summed E-state index contributed by atoms with van der Waals surface area (Å²) in [4.78, 5) is 34.3. The molecule has 33 heavy (non-hydrogen) atoms. The molecular formula is C23H20F3N3O2S2. The van der Waals surface area contributed by atoms with Gasteiger partial charge in [0.2, 0.25) is 0 Å². The van der Waals surface area contributed by atoms with E-state index < -0.39 is 11.7 Å². The lowest BCUT2D eigenvalue weighted by atomic mass is 10.1. The third-order valence-electron chi connectivity index (χ3n) is 5.29. The Morgan fingerprint density at radius 1 is 0.939 bits per heavy atom. The van der Waals surface area contributed by atoms with Gasteiger partial charge in [0, 0.05) is 47.8 Å². The monoisotopic (exact) mass is 491 g/mol. The van der Waals surface area contributed by atoms with Gasteiger partial charge in [-0.05, 0) is 36.4 Å². The van der Waals surface area contributed by atoms with Gasteiger partial charge in [0.1, 0.15) is 0 Å². The molecule has 2 heterocycles. The molecule has 1 aromatic heterocycles. The average molecular weight is 492 g/mol. The highest BCUT2D eigenvalue weighted by atomic mass is 32.2. The van der Waals surface area contributed by atoms with E-state index in [1.807, 2.05) is 23.6 Å². The third-order valence-corrected chi connectivity index (χ3v) is 7.03. The van der Waals surface area contributed by atoms with E-state index in [4.69, 9.17) is 0 Å². The second kappa shape index (κ2) is 9.96. The van der Waals surface area contributed by atoms with Crippen molar-refractivity contribution in [2.75, 3.05) is 26.2 Å². The number of hydrogen-bond donors (Lipinski definition) is 0. The van der Waals surface area contributed by atoms with E-state index in [-0.39, 0.29) is 17.4 Å². The van der Waals surface area contributed by atoms with Gasteiger partial charge in [-0.15, -0.1) is 23.1 Å². The highest BCUT2D eigenvalue weighted by Gasteiger charge is 2.31. The first-order valence-corrected chi connectivity index (χ1v) is 12.1. The van der Waals surface area contributed by atoms with Gasteiger partial charge >= 0.3 is 6.18 Å². The maximum Gasteiger partial charge on any atom is 0.416 e. The molecule has 3 aromatic rings. The van der Waals surface area contributed by atoms with E-state index in [0.717, 1.165) is 22.7 Å². The molecule has 0 bridgehead atoms.